The lowest BCUT2D eigenvalue weighted by Gasteiger charge is -2.16. The number of anilines is 1. The standard InChI is InChI=1S/C25H22N2O3/c1-30-23-12-17(10-11-22(23)28)18-13-24(29)26-20-8-5-9-21-25(20)19(18)15-27(21)14-16-6-3-2-4-7-16/h2-12,15,18,28H,13-14H2,1H3,(H,26,29). The second kappa shape index (κ2) is 7.26. The van der Waals surface area contributed by atoms with Gasteiger partial charge in [0.05, 0.1) is 18.3 Å². The topological polar surface area (TPSA) is 63.5 Å². The summed E-state index contributed by atoms with van der Waals surface area (Å²) in [5.41, 5.74) is 5.19. The molecule has 150 valence electrons. The summed E-state index contributed by atoms with van der Waals surface area (Å²) in [5, 5.41) is 14.1. The number of ether oxygens (including phenoxy) is 1. The Labute approximate surface area is 174 Å². The van der Waals surface area contributed by atoms with E-state index in [1.165, 1.54) is 12.7 Å². The van der Waals surface area contributed by atoms with E-state index in [1.54, 1.807) is 6.07 Å². The van der Waals surface area contributed by atoms with Gasteiger partial charge in [0.15, 0.2) is 11.5 Å². The molecule has 1 aliphatic heterocycles. The summed E-state index contributed by atoms with van der Waals surface area (Å²) in [6.07, 6.45) is 2.48. The molecule has 5 rings (SSSR count). The molecular weight excluding hydrogens is 376 g/mol. The molecule has 0 aliphatic carbocycles. The van der Waals surface area contributed by atoms with Gasteiger partial charge < -0.3 is 19.7 Å². The minimum atomic E-state index is -0.136. The number of nitrogens with zero attached hydrogens (tertiary/aromatic N) is 1. The molecule has 0 spiro atoms. The van der Waals surface area contributed by atoms with Crippen molar-refractivity contribution in [3.8, 4) is 11.5 Å². The van der Waals surface area contributed by atoms with Crippen LogP contribution in [0.3, 0.4) is 0 Å². The highest BCUT2D eigenvalue weighted by Gasteiger charge is 2.28. The van der Waals surface area contributed by atoms with Crippen LogP contribution in [0.25, 0.3) is 10.9 Å². The Morgan fingerprint density at radius 3 is 2.73 bits per heavy atom. The highest BCUT2D eigenvalue weighted by atomic mass is 16.5. The molecule has 1 aliphatic rings. The zero-order chi connectivity index (χ0) is 20.7. The number of phenolic OH excluding ortho intramolecular Hbond substituents is 1. The van der Waals surface area contributed by atoms with E-state index in [-0.39, 0.29) is 17.6 Å². The van der Waals surface area contributed by atoms with Crippen LogP contribution in [-0.2, 0) is 11.3 Å². The number of carbonyl (C=O) groups excluding carboxylic acids is 1. The van der Waals surface area contributed by atoms with E-state index in [1.807, 2.05) is 42.5 Å². The number of benzene rings is 3. The number of rotatable bonds is 4. The number of phenols is 1. The first-order chi connectivity index (χ1) is 14.6. The number of carbonyl (C=O) groups is 1. The molecule has 2 heterocycles. The van der Waals surface area contributed by atoms with E-state index < -0.39 is 0 Å². The molecule has 30 heavy (non-hydrogen) atoms. The highest BCUT2D eigenvalue weighted by Crippen LogP contribution is 2.42. The molecule has 1 aromatic heterocycles. The molecule has 2 N–H and O–H groups in total. The molecule has 1 atom stereocenters. The predicted molar refractivity (Wildman–Crippen MR) is 117 cm³/mol. The summed E-state index contributed by atoms with van der Waals surface area (Å²) in [6.45, 7) is 0.750. The van der Waals surface area contributed by atoms with Gasteiger partial charge in [-0.25, -0.2) is 0 Å². The zero-order valence-corrected chi connectivity index (χ0v) is 16.6. The van der Waals surface area contributed by atoms with E-state index >= 15 is 0 Å². The van der Waals surface area contributed by atoms with Crippen molar-refractivity contribution in [3.05, 3.63) is 89.6 Å². The molecule has 1 amide bonds. The van der Waals surface area contributed by atoms with Crippen LogP contribution in [0, 0.1) is 0 Å². The van der Waals surface area contributed by atoms with Gasteiger partial charge >= 0.3 is 0 Å². The quantitative estimate of drug-likeness (QED) is 0.515. The molecule has 5 nitrogen and oxygen atoms in total. The number of aromatic nitrogens is 1. The molecule has 0 saturated heterocycles. The number of hydrogen-bond acceptors (Lipinski definition) is 3. The van der Waals surface area contributed by atoms with Gasteiger partial charge in [0.2, 0.25) is 5.91 Å². The van der Waals surface area contributed by atoms with Gasteiger partial charge in [-0.05, 0) is 41.0 Å². The van der Waals surface area contributed by atoms with E-state index in [0.29, 0.717) is 12.2 Å². The lowest BCUT2D eigenvalue weighted by Crippen LogP contribution is -2.14. The molecule has 0 fully saturated rings. The van der Waals surface area contributed by atoms with Crippen LogP contribution in [0.2, 0.25) is 0 Å². The monoisotopic (exact) mass is 398 g/mol. The molecule has 4 aromatic rings. The lowest BCUT2D eigenvalue weighted by atomic mass is 9.88. The third-order valence-corrected chi connectivity index (χ3v) is 5.78. The van der Waals surface area contributed by atoms with Crippen LogP contribution >= 0.6 is 0 Å². The van der Waals surface area contributed by atoms with E-state index in [9.17, 15) is 9.90 Å². The van der Waals surface area contributed by atoms with Crippen molar-refractivity contribution < 1.29 is 14.6 Å². The maximum atomic E-state index is 12.7. The number of methoxy groups -OCH3 is 1. The van der Waals surface area contributed by atoms with Crippen LogP contribution in [0.1, 0.15) is 29.0 Å². The van der Waals surface area contributed by atoms with Gasteiger partial charge in [-0.1, -0.05) is 42.5 Å². The summed E-state index contributed by atoms with van der Waals surface area (Å²) >= 11 is 0. The minimum absolute atomic E-state index is 0.0228. The van der Waals surface area contributed by atoms with Crippen molar-refractivity contribution >= 4 is 22.5 Å². The number of aromatic hydroxyl groups is 1. The molecular formula is C25H22N2O3. The Bertz CT molecular complexity index is 1240. The fourth-order valence-electron chi connectivity index (χ4n) is 4.37. The first-order valence-electron chi connectivity index (χ1n) is 9.96. The minimum Gasteiger partial charge on any atom is -0.504 e. The molecule has 0 radical (unpaired) electrons. The van der Waals surface area contributed by atoms with Crippen molar-refractivity contribution in [2.24, 2.45) is 0 Å². The number of hydrogen-bond donors (Lipinski definition) is 2. The smallest absolute Gasteiger partial charge is 0.225 e. The van der Waals surface area contributed by atoms with Crippen LogP contribution in [-0.4, -0.2) is 22.7 Å². The van der Waals surface area contributed by atoms with Gasteiger partial charge in [0, 0.05) is 30.5 Å². The van der Waals surface area contributed by atoms with Crippen LogP contribution < -0.4 is 10.1 Å². The zero-order valence-electron chi connectivity index (χ0n) is 16.6. The van der Waals surface area contributed by atoms with E-state index in [0.717, 1.165) is 34.3 Å². The fourth-order valence-corrected chi connectivity index (χ4v) is 4.37. The predicted octanol–water partition coefficient (Wildman–Crippen LogP) is 4.88. The Kier molecular flexibility index (Phi) is 4.43. The van der Waals surface area contributed by atoms with E-state index in [2.05, 4.69) is 34.3 Å². The van der Waals surface area contributed by atoms with Crippen LogP contribution in [0.5, 0.6) is 11.5 Å². The van der Waals surface area contributed by atoms with Gasteiger partial charge in [-0.15, -0.1) is 0 Å². The summed E-state index contributed by atoms with van der Waals surface area (Å²) in [6, 6.07) is 21.7. The third kappa shape index (κ3) is 3.08. The summed E-state index contributed by atoms with van der Waals surface area (Å²) in [7, 11) is 1.53. The largest absolute Gasteiger partial charge is 0.504 e. The van der Waals surface area contributed by atoms with Crippen molar-refractivity contribution in [2.45, 2.75) is 18.9 Å². The highest BCUT2D eigenvalue weighted by molar-refractivity contribution is 6.06. The average molecular weight is 398 g/mol. The molecule has 0 saturated carbocycles. The first-order valence-corrected chi connectivity index (χ1v) is 9.96. The Morgan fingerprint density at radius 2 is 1.93 bits per heavy atom. The lowest BCUT2D eigenvalue weighted by molar-refractivity contribution is -0.116. The normalized spacial score (nSPS) is 15.6. The average Bonchev–Trinajstić information content (AvgIpc) is 3.05. The molecule has 5 heteroatoms. The van der Waals surface area contributed by atoms with Crippen molar-refractivity contribution in [2.75, 3.05) is 12.4 Å². The van der Waals surface area contributed by atoms with Crippen molar-refractivity contribution in [1.29, 1.82) is 0 Å². The number of amides is 1. The Hall–Kier alpha value is -3.73. The van der Waals surface area contributed by atoms with Gasteiger partial charge in [0.25, 0.3) is 0 Å². The maximum Gasteiger partial charge on any atom is 0.225 e. The summed E-state index contributed by atoms with van der Waals surface area (Å²) in [4.78, 5) is 12.7. The van der Waals surface area contributed by atoms with Gasteiger partial charge in [-0.2, -0.15) is 0 Å². The van der Waals surface area contributed by atoms with Crippen molar-refractivity contribution in [3.63, 3.8) is 0 Å². The van der Waals surface area contributed by atoms with Crippen LogP contribution in [0.15, 0.2) is 72.9 Å². The first kappa shape index (κ1) is 18.3. The van der Waals surface area contributed by atoms with Crippen LogP contribution in [0.4, 0.5) is 5.69 Å². The second-order valence-corrected chi connectivity index (χ2v) is 7.63. The Balaban J connectivity index is 1.69. The molecule has 0 bridgehead atoms. The maximum absolute atomic E-state index is 12.7. The molecule has 1 unspecified atom stereocenters. The molecule has 3 aromatic carbocycles. The van der Waals surface area contributed by atoms with E-state index in [4.69, 9.17) is 4.74 Å². The van der Waals surface area contributed by atoms with Gasteiger partial charge in [-0.3, -0.25) is 4.79 Å². The second-order valence-electron chi connectivity index (χ2n) is 7.63. The summed E-state index contributed by atoms with van der Waals surface area (Å²) < 4.78 is 7.55. The van der Waals surface area contributed by atoms with Gasteiger partial charge in [0.1, 0.15) is 0 Å². The fraction of sp³-hybridized carbons (Fsp3) is 0.160. The Morgan fingerprint density at radius 1 is 1.10 bits per heavy atom. The third-order valence-electron chi connectivity index (χ3n) is 5.78. The summed E-state index contributed by atoms with van der Waals surface area (Å²) in [5.74, 6) is 0.338. The van der Waals surface area contributed by atoms with Crippen molar-refractivity contribution in [1.82, 2.24) is 4.57 Å². The number of nitrogens with one attached hydrogen (secondary N) is 1. The SMILES string of the molecule is COc1cc(C2CC(=O)Nc3cccc4c3c2cn4Cc2ccccc2)ccc1O.